The molecule has 2 saturated carbocycles. The Bertz CT molecular complexity index is 1630. The second kappa shape index (κ2) is 13.1. The maximum atomic E-state index is 13.3. The number of aliphatic carboxylic acids is 1. The maximum absolute atomic E-state index is 13.3. The van der Waals surface area contributed by atoms with E-state index in [0.717, 1.165) is 105 Å². The summed E-state index contributed by atoms with van der Waals surface area (Å²) in [6.45, 7) is 8.01. The molecule has 1 aromatic carbocycles. The summed E-state index contributed by atoms with van der Waals surface area (Å²) in [4.78, 5) is 30.7. The largest absolute Gasteiger partial charge is 0.481 e. The molecule has 0 bridgehead atoms. The van der Waals surface area contributed by atoms with Gasteiger partial charge >= 0.3 is 11.7 Å². The SMILES string of the molecule is Cc1cc(C(CC(C)/C=C/[C@H]2CC[C@H](OCCCCc3ccc4c(n3)NCCC4)C2)C(=O)O)c2c(c1)n(C1(C)CC1)c(=O)n2C. The van der Waals surface area contributed by atoms with E-state index < -0.39 is 11.9 Å². The zero-order chi connectivity index (χ0) is 31.7. The van der Waals surface area contributed by atoms with Crippen LogP contribution in [-0.2, 0) is 35.0 Å². The Balaban J connectivity index is 1.00. The van der Waals surface area contributed by atoms with E-state index >= 15 is 0 Å². The molecule has 2 aromatic heterocycles. The van der Waals surface area contributed by atoms with Crippen LogP contribution in [0.5, 0.6) is 0 Å². The Kier molecular flexibility index (Phi) is 9.23. The molecule has 4 atom stereocenters. The lowest BCUT2D eigenvalue weighted by Gasteiger charge is -2.19. The van der Waals surface area contributed by atoms with Crippen molar-refractivity contribution in [3.63, 3.8) is 0 Å². The molecular weight excluding hydrogens is 564 g/mol. The topological polar surface area (TPSA) is 98.4 Å². The molecule has 0 spiro atoms. The third-order valence-corrected chi connectivity index (χ3v) is 10.4. The summed E-state index contributed by atoms with van der Waals surface area (Å²) in [5.74, 6) is 0.105. The highest BCUT2D eigenvalue weighted by Crippen LogP contribution is 2.44. The third-order valence-electron chi connectivity index (χ3n) is 10.4. The van der Waals surface area contributed by atoms with Crippen LogP contribution in [0.25, 0.3) is 11.0 Å². The van der Waals surface area contributed by atoms with Gasteiger partial charge in [-0.15, -0.1) is 0 Å². The van der Waals surface area contributed by atoms with Gasteiger partial charge in [0, 0.05) is 31.4 Å². The number of carboxylic acids is 1. The lowest BCUT2D eigenvalue weighted by Crippen LogP contribution is -2.29. The molecule has 2 aliphatic carbocycles. The van der Waals surface area contributed by atoms with Crippen LogP contribution in [0.4, 0.5) is 5.82 Å². The molecule has 0 saturated heterocycles. The number of rotatable bonds is 13. The number of nitrogens with zero attached hydrogens (tertiary/aromatic N) is 3. The minimum atomic E-state index is -0.839. The van der Waals surface area contributed by atoms with Crippen molar-refractivity contribution >= 4 is 22.8 Å². The van der Waals surface area contributed by atoms with E-state index in [4.69, 9.17) is 9.72 Å². The van der Waals surface area contributed by atoms with E-state index in [1.54, 1.807) is 11.6 Å². The molecule has 0 radical (unpaired) electrons. The van der Waals surface area contributed by atoms with Gasteiger partial charge in [0.25, 0.3) is 0 Å². The van der Waals surface area contributed by atoms with Crippen LogP contribution in [0, 0.1) is 18.8 Å². The number of anilines is 1. The number of carboxylic acid groups (broad SMARTS) is 1. The van der Waals surface area contributed by atoms with Crippen LogP contribution in [0.1, 0.15) is 99.9 Å². The van der Waals surface area contributed by atoms with Gasteiger partial charge in [0.2, 0.25) is 0 Å². The summed E-state index contributed by atoms with van der Waals surface area (Å²) in [6.07, 6.45) is 15.8. The summed E-state index contributed by atoms with van der Waals surface area (Å²) in [6, 6.07) is 8.41. The molecule has 8 heteroatoms. The maximum Gasteiger partial charge on any atom is 0.329 e. The van der Waals surface area contributed by atoms with Crippen molar-refractivity contribution in [3.05, 3.63) is 69.3 Å². The number of allylic oxidation sites excluding steroid dienone is 2. The number of nitrogens with one attached hydrogen (secondary N) is 1. The first-order valence-electron chi connectivity index (χ1n) is 17.1. The zero-order valence-corrected chi connectivity index (χ0v) is 27.5. The number of ether oxygens (including phenoxy) is 1. The highest BCUT2D eigenvalue weighted by molar-refractivity contribution is 5.88. The van der Waals surface area contributed by atoms with Gasteiger partial charge in [0.15, 0.2) is 0 Å². The average molecular weight is 615 g/mol. The Morgan fingerprint density at radius 3 is 2.84 bits per heavy atom. The second-order valence-corrected chi connectivity index (χ2v) is 14.2. The molecule has 45 heavy (non-hydrogen) atoms. The zero-order valence-electron chi connectivity index (χ0n) is 27.5. The molecular formula is C37H50N4O4. The molecule has 2 N–H and O–H groups in total. The van der Waals surface area contributed by atoms with Gasteiger partial charge in [0.1, 0.15) is 5.82 Å². The van der Waals surface area contributed by atoms with Gasteiger partial charge in [0.05, 0.1) is 23.1 Å². The third kappa shape index (κ3) is 6.91. The summed E-state index contributed by atoms with van der Waals surface area (Å²) in [7, 11) is 1.77. The summed E-state index contributed by atoms with van der Waals surface area (Å²) < 4.78 is 9.80. The van der Waals surface area contributed by atoms with Crippen LogP contribution in [-0.4, -0.2) is 44.4 Å². The van der Waals surface area contributed by atoms with Crippen molar-refractivity contribution < 1.29 is 14.6 Å². The number of hydrogen-bond donors (Lipinski definition) is 2. The van der Waals surface area contributed by atoms with Crippen LogP contribution in [0.2, 0.25) is 0 Å². The van der Waals surface area contributed by atoms with Gasteiger partial charge in [-0.25, -0.2) is 9.78 Å². The Labute approximate surface area is 266 Å². The Morgan fingerprint density at radius 2 is 2.07 bits per heavy atom. The first-order chi connectivity index (χ1) is 21.6. The van der Waals surface area contributed by atoms with Gasteiger partial charge in [-0.3, -0.25) is 13.9 Å². The van der Waals surface area contributed by atoms with Gasteiger partial charge in [-0.2, -0.15) is 0 Å². The molecule has 2 unspecified atom stereocenters. The van der Waals surface area contributed by atoms with Crippen molar-refractivity contribution in [1.29, 1.82) is 0 Å². The van der Waals surface area contributed by atoms with E-state index in [2.05, 4.69) is 43.4 Å². The van der Waals surface area contributed by atoms with E-state index in [0.29, 0.717) is 18.4 Å². The quantitative estimate of drug-likeness (QED) is 0.161. The number of hydrogen-bond acceptors (Lipinski definition) is 5. The standard InChI is InChI=1S/C37H50N4O4/c1-24(20-31(35(42)43)30-21-25(2)22-32-33(30)40(4)36(44)41(32)37(3)16-17-37)10-11-26-12-15-29(23-26)45-19-6-5-9-28-14-13-27-8-7-18-38-34(27)39-28/h10-11,13-14,21-22,24,26,29,31H,5-9,12,15-20,23H2,1-4H3,(H,38,39)(H,42,43)/b11-10+/t24?,26-,29-,31?/m0/s1. The van der Waals surface area contributed by atoms with E-state index in [9.17, 15) is 14.7 Å². The lowest BCUT2D eigenvalue weighted by molar-refractivity contribution is -0.139. The minimum absolute atomic E-state index is 0.0594. The van der Waals surface area contributed by atoms with Crippen LogP contribution < -0.4 is 11.0 Å². The van der Waals surface area contributed by atoms with Gasteiger partial charge in [-0.1, -0.05) is 31.2 Å². The highest BCUT2D eigenvalue weighted by atomic mass is 16.5. The number of imidazole rings is 1. The number of pyridine rings is 1. The summed E-state index contributed by atoms with van der Waals surface area (Å²) >= 11 is 0. The molecule has 3 aromatic rings. The number of carbonyl (C=O) groups is 1. The predicted octanol–water partition coefficient (Wildman–Crippen LogP) is 6.87. The fourth-order valence-electron chi connectivity index (χ4n) is 7.49. The number of benzene rings is 1. The molecule has 2 fully saturated rings. The lowest BCUT2D eigenvalue weighted by atomic mass is 9.87. The van der Waals surface area contributed by atoms with E-state index in [-0.39, 0.29) is 17.1 Å². The number of fused-ring (bicyclic) bond motifs is 2. The van der Waals surface area contributed by atoms with E-state index in [1.807, 2.05) is 23.6 Å². The molecule has 6 rings (SSSR count). The van der Waals surface area contributed by atoms with Crippen LogP contribution in [0.3, 0.4) is 0 Å². The molecule has 1 aliphatic heterocycles. The van der Waals surface area contributed by atoms with Crippen molar-refractivity contribution in [1.82, 2.24) is 14.1 Å². The Morgan fingerprint density at radius 1 is 1.24 bits per heavy atom. The van der Waals surface area contributed by atoms with Crippen molar-refractivity contribution in [3.8, 4) is 0 Å². The van der Waals surface area contributed by atoms with Crippen molar-refractivity contribution in [2.24, 2.45) is 18.9 Å². The second-order valence-electron chi connectivity index (χ2n) is 14.2. The number of aromatic nitrogens is 3. The Hall–Kier alpha value is -3.39. The number of unbranched alkanes of at least 4 members (excludes halogenated alkanes) is 1. The highest BCUT2D eigenvalue weighted by Gasteiger charge is 2.43. The van der Waals surface area contributed by atoms with Crippen molar-refractivity contribution in [2.45, 2.75) is 109 Å². The monoisotopic (exact) mass is 614 g/mol. The normalized spacial score (nSPS) is 22.0. The van der Waals surface area contributed by atoms with E-state index in [1.165, 1.54) is 12.0 Å². The summed E-state index contributed by atoms with van der Waals surface area (Å²) in [5, 5.41) is 13.8. The fourth-order valence-corrected chi connectivity index (χ4v) is 7.49. The van der Waals surface area contributed by atoms with Gasteiger partial charge in [-0.05, 0) is 125 Å². The summed E-state index contributed by atoms with van der Waals surface area (Å²) in [5.41, 5.74) is 5.62. The minimum Gasteiger partial charge on any atom is -0.481 e. The van der Waals surface area contributed by atoms with Crippen LogP contribution in [0.15, 0.2) is 41.2 Å². The average Bonchev–Trinajstić information content (AvgIpc) is 3.48. The van der Waals surface area contributed by atoms with Crippen LogP contribution >= 0.6 is 0 Å². The predicted molar refractivity (Wildman–Crippen MR) is 179 cm³/mol. The number of aryl methyl sites for hydroxylation is 4. The fraction of sp³-hybridized carbons (Fsp3) is 0.595. The molecule has 3 heterocycles. The molecule has 242 valence electrons. The first-order valence-corrected chi connectivity index (χ1v) is 17.1. The smallest absolute Gasteiger partial charge is 0.329 e. The first kappa shape index (κ1) is 31.6. The molecule has 0 amide bonds. The molecule has 8 nitrogen and oxygen atoms in total. The van der Waals surface area contributed by atoms with Crippen molar-refractivity contribution in [2.75, 3.05) is 18.5 Å². The van der Waals surface area contributed by atoms with Gasteiger partial charge < -0.3 is 15.2 Å². The molecule has 3 aliphatic rings.